The van der Waals surface area contributed by atoms with Gasteiger partial charge in [-0.05, 0) is 11.4 Å². The minimum absolute atomic E-state index is 0.344. The van der Waals surface area contributed by atoms with Gasteiger partial charge in [0.25, 0.3) is 5.56 Å². The second-order valence-electron chi connectivity index (χ2n) is 4.34. The van der Waals surface area contributed by atoms with Crippen LogP contribution in [-0.2, 0) is 20.5 Å². The molecule has 0 amide bonds. The van der Waals surface area contributed by atoms with E-state index in [4.69, 9.17) is 0 Å². The monoisotopic (exact) mass is 276 g/mol. The lowest BCUT2D eigenvalue weighted by Crippen LogP contribution is -2.36. The maximum absolute atomic E-state index is 12.0. The molecule has 1 N–H and O–H groups in total. The second-order valence-corrected chi connectivity index (χ2v) is 5.38. The molecule has 0 saturated heterocycles. The van der Waals surface area contributed by atoms with Crippen LogP contribution in [0.5, 0.6) is 0 Å². The molecule has 3 aromatic heterocycles. The lowest BCUT2D eigenvalue weighted by Gasteiger charge is -2.00. The summed E-state index contributed by atoms with van der Waals surface area (Å²) in [5.41, 5.74) is 0.0607. The summed E-state index contributed by atoms with van der Waals surface area (Å²) in [5.74, 6) is 0.691. The van der Waals surface area contributed by atoms with E-state index in [9.17, 15) is 9.59 Å². The molecule has 7 heteroatoms. The van der Waals surface area contributed by atoms with Gasteiger partial charge in [0, 0.05) is 25.4 Å². The Labute approximate surface area is 112 Å². The van der Waals surface area contributed by atoms with E-state index in [1.165, 1.54) is 11.6 Å². The van der Waals surface area contributed by atoms with E-state index in [-0.39, 0.29) is 11.2 Å². The fourth-order valence-corrected chi connectivity index (χ4v) is 2.74. The molecule has 0 fully saturated rings. The molecule has 0 saturated carbocycles. The Kier molecular flexibility index (Phi) is 2.63. The highest BCUT2D eigenvalue weighted by molar-refractivity contribution is 7.09. The molecule has 0 radical (unpaired) electrons. The van der Waals surface area contributed by atoms with Gasteiger partial charge in [0.05, 0.1) is 0 Å². The molecular formula is C12H12N4O2S. The van der Waals surface area contributed by atoms with Gasteiger partial charge in [-0.1, -0.05) is 6.07 Å². The number of thiophene rings is 1. The number of aromatic nitrogens is 4. The number of imidazole rings is 1. The molecule has 6 nitrogen and oxygen atoms in total. The van der Waals surface area contributed by atoms with Gasteiger partial charge in [0.1, 0.15) is 11.3 Å². The highest BCUT2D eigenvalue weighted by Crippen LogP contribution is 2.14. The SMILES string of the molecule is Cn1c(=O)c2[nH]c(Cc3cccs3)nc2n(C)c1=O. The number of nitrogens with zero attached hydrogens (tertiary/aromatic N) is 3. The van der Waals surface area contributed by atoms with Gasteiger partial charge in [-0.3, -0.25) is 13.9 Å². The number of rotatable bonds is 2. The second kappa shape index (κ2) is 4.20. The van der Waals surface area contributed by atoms with E-state index in [2.05, 4.69) is 9.97 Å². The highest BCUT2D eigenvalue weighted by atomic mass is 32.1. The highest BCUT2D eigenvalue weighted by Gasteiger charge is 2.13. The third-order valence-corrected chi connectivity index (χ3v) is 3.94. The van der Waals surface area contributed by atoms with Crippen molar-refractivity contribution >= 4 is 22.5 Å². The third kappa shape index (κ3) is 1.82. The molecule has 0 aliphatic heterocycles. The molecule has 0 aromatic carbocycles. The van der Waals surface area contributed by atoms with Gasteiger partial charge in [0.2, 0.25) is 0 Å². The van der Waals surface area contributed by atoms with Gasteiger partial charge in [0.15, 0.2) is 5.65 Å². The van der Waals surface area contributed by atoms with E-state index >= 15 is 0 Å². The normalized spacial score (nSPS) is 11.3. The molecule has 0 spiro atoms. The van der Waals surface area contributed by atoms with E-state index in [0.29, 0.717) is 23.4 Å². The van der Waals surface area contributed by atoms with Gasteiger partial charge in [-0.2, -0.15) is 0 Å². The van der Waals surface area contributed by atoms with Crippen LogP contribution in [0.2, 0.25) is 0 Å². The molecule has 19 heavy (non-hydrogen) atoms. The summed E-state index contributed by atoms with van der Waals surface area (Å²) in [6, 6.07) is 3.98. The molecule has 0 bridgehead atoms. The molecule has 3 heterocycles. The first-order valence-corrected chi connectivity index (χ1v) is 6.63. The molecule has 0 atom stereocenters. The van der Waals surface area contributed by atoms with Crippen LogP contribution in [0.3, 0.4) is 0 Å². The van der Waals surface area contributed by atoms with Crippen molar-refractivity contribution in [2.24, 2.45) is 14.1 Å². The Morgan fingerprint density at radius 1 is 1.32 bits per heavy atom. The van der Waals surface area contributed by atoms with E-state index in [1.54, 1.807) is 18.4 Å². The van der Waals surface area contributed by atoms with Crippen LogP contribution in [0.15, 0.2) is 27.1 Å². The smallest absolute Gasteiger partial charge is 0.332 e. The summed E-state index contributed by atoms with van der Waals surface area (Å²) in [7, 11) is 3.07. The molecule has 0 unspecified atom stereocenters. The van der Waals surface area contributed by atoms with Crippen LogP contribution < -0.4 is 11.2 Å². The van der Waals surface area contributed by atoms with Gasteiger partial charge in [-0.25, -0.2) is 9.78 Å². The zero-order valence-electron chi connectivity index (χ0n) is 10.5. The van der Waals surface area contributed by atoms with Crippen LogP contribution in [0.1, 0.15) is 10.7 Å². The van der Waals surface area contributed by atoms with Gasteiger partial charge < -0.3 is 4.98 Å². The summed E-state index contributed by atoms with van der Waals surface area (Å²) in [5, 5.41) is 1.99. The number of fused-ring (bicyclic) bond motifs is 1. The molecule has 3 rings (SSSR count). The molecule has 0 aliphatic rings. The third-order valence-electron chi connectivity index (χ3n) is 3.07. The number of H-pyrrole nitrogens is 1. The van der Waals surface area contributed by atoms with Crippen molar-refractivity contribution in [3.8, 4) is 0 Å². The van der Waals surface area contributed by atoms with Crippen LogP contribution in [0.25, 0.3) is 11.2 Å². The fourth-order valence-electron chi connectivity index (χ4n) is 2.04. The quantitative estimate of drug-likeness (QED) is 0.745. The zero-order chi connectivity index (χ0) is 13.6. The van der Waals surface area contributed by atoms with Crippen molar-refractivity contribution < 1.29 is 0 Å². The Morgan fingerprint density at radius 3 is 2.79 bits per heavy atom. The summed E-state index contributed by atoms with van der Waals surface area (Å²) in [6.07, 6.45) is 0.629. The lowest BCUT2D eigenvalue weighted by molar-refractivity contribution is 0.708. The van der Waals surface area contributed by atoms with Gasteiger partial charge >= 0.3 is 5.69 Å². The molecule has 3 aromatic rings. The van der Waals surface area contributed by atoms with E-state index in [0.717, 1.165) is 9.44 Å². The van der Waals surface area contributed by atoms with Crippen molar-refractivity contribution in [1.29, 1.82) is 0 Å². The first kappa shape index (κ1) is 11.9. The zero-order valence-corrected chi connectivity index (χ0v) is 11.3. The number of nitrogens with one attached hydrogen (secondary N) is 1. The van der Waals surface area contributed by atoms with Crippen molar-refractivity contribution in [3.05, 3.63) is 49.1 Å². The standard InChI is InChI=1S/C12H12N4O2S/c1-15-10-9(11(17)16(2)12(15)18)13-8(14-10)6-7-4-3-5-19-7/h3-5H,6H2,1-2H3,(H,13,14). The minimum Gasteiger partial charge on any atom is -0.336 e. The first-order valence-electron chi connectivity index (χ1n) is 5.75. The lowest BCUT2D eigenvalue weighted by atomic mass is 10.3. The molecule has 0 aliphatic carbocycles. The Morgan fingerprint density at radius 2 is 2.11 bits per heavy atom. The minimum atomic E-state index is -0.369. The maximum Gasteiger partial charge on any atom is 0.332 e. The van der Waals surface area contributed by atoms with Crippen LogP contribution >= 0.6 is 11.3 Å². The predicted octanol–water partition coefficient (Wildman–Crippen LogP) is 0.613. The number of hydrogen-bond donors (Lipinski definition) is 1. The topological polar surface area (TPSA) is 72.7 Å². The molecular weight excluding hydrogens is 264 g/mol. The largest absolute Gasteiger partial charge is 0.336 e. The summed E-state index contributed by atoms with van der Waals surface area (Å²) < 4.78 is 2.46. The molecule has 98 valence electrons. The van der Waals surface area contributed by atoms with Crippen molar-refractivity contribution in [2.45, 2.75) is 6.42 Å². The van der Waals surface area contributed by atoms with Crippen molar-refractivity contribution in [2.75, 3.05) is 0 Å². The number of aryl methyl sites for hydroxylation is 1. The predicted molar refractivity (Wildman–Crippen MR) is 73.7 cm³/mol. The van der Waals surface area contributed by atoms with Crippen molar-refractivity contribution in [1.82, 2.24) is 19.1 Å². The Hall–Kier alpha value is -2.15. The number of aromatic amines is 1. The number of hydrogen-bond acceptors (Lipinski definition) is 4. The van der Waals surface area contributed by atoms with Crippen molar-refractivity contribution in [3.63, 3.8) is 0 Å². The van der Waals surface area contributed by atoms with Crippen LogP contribution in [-0.4, -0.2) is 19.1 Å². The van der Waals surface area contributed by atoms with E-state index < -0.39 is 0 Å². The van der Waals surface area contributed by atoms with Crippen LogP contribution in [0, 0.1) is 0 Å². The fraction of sp³-hybridized carbons (Fsp3) is 0.250. The first-order chi connectivity index (χ1) is 9.08. The van der Waals surface area contributed by atoms with Crippen LogP contribution in [0.4, 0.5) is 0 Å². The average molecular weight is 276 g/mol. The summed E-state index contributed by atoms with van der Waals surface area (Å²) in [4.78, 5) is 32.3. The van der Waals surface area contributed by atoms with Gasteiger partial charge in [-0.15, -0.1) is 11.3 Å². The summed E-state index contributed by atoms with van der Waals surface area (Å²) >= 11 is 1.63. The Balaban J connectivity index is 2.21. The average Bonchev–Trinajstić information content (AvgIpc) is 3.04. The Bertz CT molecular complexity index is 854. The summed E-state index contributed by atoms with van der Waals surface area (Å²) in [6.45, 7) is 0. The van der Waals surface area contributed by atoms with E-state index in [1.807, 2.05) is 17.5 Å². The maximum atomic E-state index is 12.0.